The fourth-order valence-electron chi connectivity index (χ4n) is 3.25. The van der Waals surface area contributed by atoms with Gasteiger partial charge in [0, 0.05) is 32.7 Å². The van der Waals surface area contributed by atoms with Crippen LogP contribution < -0.4 is 10.1 Å². The average molecular weight is 482 g/mol. The highest BCUT2D eigenvalue weighted by atomic mass is 32.2. The zero-order valence-corrected chi connectivity index (χ0v) is 19.7. The normalized spacial score (nSPS) is 14.8. The molecule has 0 aliphatic carbocycles. The van der Waals surface area contributed by atoms with Crippen molar-refractivity contribution in [3.8, 4) is 5.75 Å². The quantitative estimate of drug-likeness (QED) is 0.447. The Morgan fingerprint density at radius 2 is 1.81 bits per heavy atom. The lowest BCUT2D eigenvalue weighted by Crippen LogP contribution is -2.53. The Labute approximate surface area is 193 Å². The molecule has 3 rings (SSSR count). The maximum Gasteiger partial charge on any atom is 0.374 e. The van der Waals surface area contributed by atoms with Crippen LogP contribution in [-0.4, -0.2) is 75.1 Å². The molecule has 0 bridgehead atoms. The number of benzene rings is 1. The van der Waals surface area contributed by atoms with Crippen LogP contribution in [0.1, 0.15) is 23.0 Å². The largest absolute Gasteiger partial charge is 0.497 e. The van der Waals surface area contributed by atoms with E-state index in [0.717, 1.165) is 17.7 Å². The van der Waals surface area contributed by atoms with Gasteiger partial charge >= 0.3 is 5.97 Å². The fourth-order valence-corrected chi connectivity index (χ4v) is 4.87. The van der Waals surface area contributed by atoms with E-state index in [-0.39, 0.29) is 30.5 Å². The summed E-state index contributed by atoms with van der Waals surface area (Å²) >= 11 is 5.47. The number of nitrogens with one attached hydrogen (secondary N) is 1. The minimum absolute atomic E-state index is 0.133. The van der Waals surface area contributed by atoms with Crippen molar-refractivity contribution in [2.75, 3.05) is 46.4 Å². The van der Waals surface area contributed by atoms with Crippen LogP contribution in [0.3, 0.4) is 0 Å². The second-order valence-electron chi connectivity index (χ2n) is 7.06. The van der Waals surface area contributed by atoms with Crippen LogP contribution >= 0.6 is 12.2 Å². The van der Waals surface area contributed by atoms with Crippen LogP contribution in [0.15, 0.2) is 45.9 Å². The first kappa shape index (κ1) is 24.0. The minimum atomic E-state index is -3.84. The molecule has 1 saturated heterocycles. The number of hydrogen-bond donors (Lipinski definition) is 1. The molecule has 0 amide bonds. The van der Waals surface area contributed by atoms with Crippen LogP contribution in [-0.2, 0) is 21.2 Å². The summed E-state index contributed by atoms with van der Waals surface area (Å²) in [5.74, 6) is -0.00662. The number of ether oxygens (including phenoxy) is 2. The minimum Gasteiger partial charge on any atom is -0.497 e. The standard InChI is InChI=1S/C21H27N3O6S2/c1-3-29-20(25)18-8-9-19(30-18)32(26,27)24-14-12-23(13-15-24)21(31)22-11-10-16-4-6-17(28-2)7-5-16/h4-9H,3,10-15H2,1-2H3,(H,22,31). The van der Waals surface area contributed by atoms with Crippen LogP contribution in [0.5, 0.6) is 5.75 Å². The molecule has 9 nitrogen and oxygen atoms in total. The first-order valence-corrected chi connectivity index (χ1v) is 12.1. The van der Waals surface area contributed by atoms with Crippen molar-refractivity contribution >= 4 is 33.3 Å². The van der Waals surface area contributed by atoms with Gasteiger partial charge in [-0.15, -0.1) is 0 Å². The van der Waals surface area contributed by atoms with E-state index in [0.29, 0.717) is 24.7 Å². The molecule has 0 spiro atoms. The molecule has 11 heteroatoms. The van der Waals surface area contributed by atoms with E-state index in [1.54, 1.807) is 14.0 Å². The topological polar surface area (TPSA) is 101 Å². The summed E-state index contributed by atoms with van der Waals surface area (Å²) in [7, 11) is -2.20. The first-order valence-electron chi connectivity index (χ1n) is 10.3. The van der Waals surface area contributed by atoms with Crippen LogP contribution in [0.25, 0.3) is 0 Å². The lowest BCUT2D eigenvalue weighted by atomic mass is 10.1. The van der Waals surface area contributed by atoms with Gasteiger partial charge in [-0.2, -0.15) is 4.31 Å². The van der Waals surface area contributed by atoms with Crippen molar-refractivity contribution in [1.29, 1.82) is 0 Å². The first-order chi connectivity index (χ1) is 15.3. The Morgan fingerprint density at radius 3 is 2.44 bits per heavy atom. The summed E-state index contributed by atoms with van der Waals surface area (Å²) in [6.45, 7) is 3.95. The van der Waals surface area contributed by atoms with E-state index < -0.39 is 16.0 Å². The van der Waals surface area contributed by atoms with E-state index in [9.17, 15) is 13.2 Å². The number of carbonyl (C=O) groups excluding carboxylic acids is 1. The molecule has 0 unspecified atom stereocenters. The molecule has 0 saturated carbocycles. The summed E-state index contributed by atoms with van der Waals surface area (Å²) in [6.07, 6.45) is 0.805. The highest BCUT2D eigenvalue weighted by molar-refractivity contribution is 7.89. The molecule has 1 aliphatic rings. The predicted octanol–water partition coefficient (Wildman–Crippen LogP) is 1.89. The van der Waals surface area contributed by atoms with Crippen molar-refractivity contribution < 1.29 is 27.1 Å². The molecule has 0 radical (unpaired) electrons. The number of hydrogen-bond acceptors (Lipinski definition) is 7. The molecule has 32 heavy (non-hydrogen) atoms. The van der Waals surface area contributed by atoms with Gasteiger partial charge in [0.2, 0.25) is 10.9 Å². The van der Waals surface area contributed by atoms with E-state index in [2.05, 4.69) is 5.32 Å². The third kappa shape index (κ3) is 5.78. The lowest BCUT2D eigenvalue weighted by Gasteiger charge is -2.35. The van der Waals surface area contributed by atoms with Crippen LogP contribution in [0.4, 0.5) is 0 Å². The summed E-state index contributed by atoms with van der Waals surface area (Å²) in [4.78, 5) is 13.7. The van der Waals surface area contributed by atoms with Crippen LogP contribution in [0.2, 0.25) is 0 Å². The number of nitrogens with zero attached hydrogens (tertiary/aromatic N) is 2. The Hall–Kier alpha value is -2.63. The second kappa shape index (κ2) is 10.8. The van der Waals surface area contributed by atoms with Gasteiger partial charge in [-0.3, -0.25) is 0 Å². The maximum atomic E-state index is 12.8. The SMILES string of the molecule is CCOC(=O)c1ccc(S(=O)(=O)N2CCN(C(=S)NCCc3ccc(OC)cc3)CC2)o1. The Kier molecular flexibility index (Phi) is 8.10. The fraction of sp³-hybridized carbons (Fsp3) is 0.429. The van der Waals surface area contributed by atoms with Crippen molar-refractivity contribution in [1.82, 2.24) is 14.5 Å². The van der Waals surface area contributed by atoms with Gasteiger partial charge in [-0.1, -0.05) is 12.1 Å². The monoisotopic (exact) mass is 481 g/mol. The number of piperazine rings is 1. The molecule has 1 N–H and O–H groups in total. The highest BCUT2D eigenvalue weighted by Crippen LogP contribution is 2.21. The van der Waals surface area contributed by atoms with Crippen molar-refractivity contribution in [2.45, 2.75) is 18.4 Å². The zero-order chi connectivity index (χ0) is 23.1. The van der Waals surface area contributed by atoms with Gasteiger partial charge < -0.3 is 24.1 Å². The highest BCUT2D eigenvalue weighted by Gasteiger charge is 2.32. The number of sulfonamides is 1. The number of thiocarbonyl (C=S) groups is 1. The second-order valence-corrected chi connectivity index (χ2v) is 9.32. The van der Waals surface area contributed by atoms with Gasteiger partial charge in [0.15, 0.2) is 5.11 Å². The number of esters is 1. The van der Waals surface area contributed by atoms with Gasteiger partial charge in [0.25, 0.3) is 10.0 Å². The number of rotatable bonds is 8. The molecule has 2 aromatic rings. The molecule has 1 aliphatic heterocycles. The van der Waals surface area contributed by atoms with Crippen LogP contribution in [0, 0.1) is 0 Å². The molecule has 1 aromatic heterocycles. The Balaban J connectivity index is 1.48. The van der Waals surface area contributed by atoms with Gasteiger partial charge in [0.1, 0.15) is 5.75 Å². The number of methoxy groups -OCH3 is 1. The third-order valence-corrected chi connectivity index (χ3v) is 7.20. The van der Waals surface area contributed by atoms with Gasteiger partial charge in [0.05, 0.1) is 13.7 Å². The zero-order valence-electron chi connectivity index (χ0n) is 18.1. The van der Waals surface area contributed by atoms with Gasteiger partial charge in [-0.25, -0.2) is 13.2 Å². The lowest BCUT2D eigenvalue weighted by molar-refractivity contribution is 0.0483. The van der Waals surface area contributed by atoms with E-state index >= 15 is 0 Å². The summed E-state index contributed by atoms with van der Waals surface area (Å²) in [5, 5.41) is 3.56. The number of furan rings is 1. The molecule has 174 valence electrons. The van der Waals surface area contributed by atoms with E-state index in [1.807, 2.05) is 29.2 Å². The third-order valence-electron chi connectivity index (χ3n) is 5.03. The van der Waals surface area contributed by atoms with Crippen molar-refractivity contribution in [3.05, 3.63) is 47.7 Å². The smallest absolute Gasteiger partial charge is 0.374 e. The van der Waals surface area contributed by atoms with Crippen molar-refractivity contribution in [3.63, 3.8) is 0 Å². The summed E-state index contributed by atoms with van der Waals surface area (Å²) in [5.41, 5.74) is 1.16. The van der Waals surface area contributed by atoms with Gasteiger partial charge in [-0.05, 0) is 55.4 Å². The van der Waals surface area contributed by atoms with E-state index in [1.165, 1.54) is 16.4 Å². The Bertz CT molecular complexity index is 1030. The molecular weight excluding hydrogens is 454 g/mol. The molecular formula is C21H27N3O6S2. The molecule has 2 heterocycles. The summed E-state index contributed by atoms with van der Waals surface area (Å²) in [6, 6.07) is 10.4. The summed E-state index contributed by atoms with van der Waals surface area (Å²) < 4.78 is 42.2. The van der Waals surface area contributed by atoms with Crippen molar-refractivity contribution in [2.24, 2.45) is 0 Å². The number of carbonyl (C=O) groups is 1. The molecule has 0 atom stereocenters. The molecule has 1 fully saturated rings. The Morgan fingerprint density at radius 1 is 1.12 bits per heavy atom. The average Bonchev–Trinajstić information content (AvgIpc) is 3.31. The maximum absolute atomic E-state index is 12.8. The molecule has 1 aromatic carbocycles. The van der Waals surface area contributed by atoms with E-state index in [4.69, 9.17) is 26.1 Å². The predicted molar refractivity (Wildman–Crippen MR) is 122 cm³/mol.